The summed E-state index contributed by atoms with van der Waals surface area (Å²) in [4.78, 5) is 12.6. The number of amides is 1. The molecule has 0 atom stereocenters. The fraction of sp³-hybridized carbons (Fsp3) is 0.105. The van der Waals surface area contributed by atoms with Crippen LogP contribution in [0.3, 0.4) is 0 Å². The Kier molecular flexibility index (Phi) is 5.32. The molecule has 5 nitrogen and oxygen atoms in total. The minimum atomic E-state index is -2.33. The zero-order valence-electron chi connectivity index (χ0n) is 14.6. The third kappa shape index (κ3) is 3.54. The largest absolute Gasteiger partial charge is 0.479 e. The lowest BCUT2D eigenvalue weighted by atomic mass is 10.1. The first-order chi connectivity index (χ1) is 13.8. The van der Waals surface area contributed by atoms with Crippen molar-refractivity contribution in [1.29, 1.82) is 5.26 Å². The van der Waals surface area contributed by atoms with Crippen LogP contribution in [0.2, 0.25) is 0 Å². The van der Waals surface area contributed by atoms with E-state index < -0.39 is 40.7 Å². The summed E-state index contributed by atoms with van der Waals surface area (Å²) >= 11 is 0. The molecule has 0 spiro atoms. The summed E-state index contributed by atoms with van der Waals surface area (Å²) < 4.78 is 73.3. The standard InChI is InChI=1S/C19H10F5N3O2/c1-9-12(8-10-2-4-11(5-3-10)29-7-6-25)19(28)27(26-9)18-16(23)14(21)13(20)15(22)17(18)24/h2-5,8H,7H2,1H3/b12-8+. The van der Waals surface area contributed by atoms with Crippen LogP contribution in [0.4, 0.5) is 27.6 Å². The van der Waals surface area contributed by atoms with Crippen molar-refractivity contribution in [2.24, 2.45) is 5.10 Å². The zero-order valence-corrected chi connectivity index (χ0v) is 14.6. The van der Waals surface area contributed by atoms with Gasteiger partial charge in [-0.1, -0.05) is 12.1 Å². The predicted octanol–water partition coefficient (Wildman–Crippen LogP) is 4.09. The Labute approximate surface area is 160 Å². The van der Waals surface area contributed by atoms with E-state index in [0.717, 1.165) is 0 Å². The van der Waals surface area contributed by atoms with Crippen LogP contribution in [0.1, 0.15) is 12.5 Å². The number of ether oxygens (including phenoxy) is 1. The molecule has 0 bridgehead atoms. The van der Waals surface area contributed by atoms with Gasteiger partial charge in [0, 0.05) is 0 Å². The second-order valence-corrected chi connectivity index (χ2v) is 5.79. The molecule has 1 amide bonds. The highest BCUT2D eigenvalue weighted by molar-refractivity contribution is 6.32. The molecule has 0 saturated carbocycles. The molecule has 1 heterocycles. The number of anilines is 1. The number of nitriles is 1. The molecule has 0 unspecified atom stereocenters. The zero-order chi connectivity index (χ0) is 21.3. The molecule has 0 aliphatic carbocycles. The lowest BCUT2D eigenvalue weighted by molar-refractivity contribution is -0.114. The molecule has 2 aromatic carbocycles. The summed E-state index contributed by atoms with van der Waals surface area (Å²) in [5.74, 6) is -11.7. The van der Waals surface area contributed by atoms with Crippen molar-refractivity contribution >= 4 is 23.4 Å². The Bertz CT molecular complexity index is 1080. The summed E-state index contributed by atoms with van der Waals surface area (Å²) in [6.45, 7) is 1.20. The van der Waals surface area contributed by atoms with Crippen LogP contribution in [0.5, 0.6) is 5.75 Å². The lowest BCUT2D eigenvalue weighted by Crippen LogP contribution is -2.25. The van der Waals surface area contributed by atoms with E-state index in [-0.39, 0.29) is 22.9 Å². The Morgan fingerprint density at radius 2 is 1.59 bits per heavy atom. The molecule has 1 aliphatic rings. The normalized spacial score (nSPS) is 14.9. The molecular formula is C19H10F5N3O2. The topological polar surface area (TPSA) is 65.7 Å². The van der Waals surface area contributed by atoms with Gasteiger partial charge in [-0.2, -0.15) is 15.4 Å². The summed E-state index contributed by atoms with van der Waals surface area (Å²) in [5, 5.41) is 12.3. The predicted molar refractivity (Wildman–Crippen MR) is 92.4 cm³/mol. The van der Waals surface area contributed by atoms with Crippen LogP contribution < -0.4 is 9.75 Å². The molecule has 148 valence electrons. The van der Waals surface area contributed by atoms with Gasteiger partial charge in [0.05, 0.1) is 11.3 Å². The van der Waals surface area contributed by atoms with Crippen molar-refractivity contribution in [3.8, 4) is 11.8 Å². The summed E-state index contributed by atoms with van der Waals surface area (Å²) in [6, 6.07) is 7.94. The van der Waals surface area contributed by atoms with E-state index >= 15 is 0 Å². The van der Waals surface area contributed by atoms with Gasteiger partial charge in [-0.25, -0.2) is 22.0 Å². The maximum Gasteiger partial charge on any atom is 0.280 e. The van der Waals surface area contributed by atoms with Crippen LogP contribution in [0.25, 0.3) is 6.08 Å². The van der Waals surface area contributed by atoms with E-state index in [1.54, 1.807) is 18.2 Å². The van der Waals surface area contributed by atoms with Crippen LogP contribution in [0.15, 0.2) is 34.9 Å². The molecule has 0 fully saturated rings. The number of nitrogens with zero attached hydrogens (tertiary/aromatic N) is 3. The second-order valence-electron chi connectivity index (χ2n) is 5.79. The maximum absolute atomic E-state index is 14.0. The molecule has 0 aromatic heterocycles. The van der Waals surface area contributed by atoms with E-state index in [4.69, 9.17) is 10.00 Å². The van der Waals surface area contributed by atoms with Crippen LogP contribution in [-0.4, -0.2) is 18.2 Å². The number of rotatable bonds is 4. The number of carbonyl (C=O) groups excluding carboxylic acids is 1. The first-order valence-electron chi connectivity index (χ1n) is 7.99. The van der Waals surface area contributed by atoms with Gasteiger partial charge in [-0.15, -0.1) is 0 Å². The third-order valence-electron chi connectivity index (χ3n) is 3.96. The lowest BCUT2D eigenvalue weighted by Gasteiger charge is -2.15. The Morgan fingerprint density at radius 1 is 1.03 bits per heavy atom. The van der Waals surface area contributed by atoms with Crippen molar-refractivity contribution < 1.29 is 31.5 Å². The quantitative estimate of drug-likeness (QED) is 0.332. The van der Waals surface area contributed by atoms with Gasteiger partial charge in [0.15, 0.2) is 29.9 Å². The van der Waals surface area contributed by atoms with E-state index in [1.807, 2.05) is 0 Å². The molecule has 2 aromatic rings. The van der Waals surface area contributed by atoms with Gasteiger partial charge in [0.2, 0.25) is 5.82 Å². The number of halogens is 5. The van der Waals surface area contributed by atoms with Gasteiger partial charge >= 0.3 is 0 Å². The Balaban J connectivity index is 1.96. The summed E-state index contributed by atoms with van der Waals surface area (Å²) in [7, 11) is 0. The van der Waals surface area contributed by atoms with Crippen LogP contribution >= 0.6 is 0 Å². The van der Waals surface area contributed by atoms with Gasteiger partial charge in [0.1, 0.15) is 17.5 Å². The molecule has 0 radical (unpaired) electrons. The number of carbonyl (C=O) groups is 1. The van der Waals surface area contributed by atoms with Crippen molar-refractivity contribution in [3.63, 3.8) is 0 Å². The SMILES string of the molecule is CC1=NN(c2c(F)c(F)c(F)c(F)c2F)C(=O)/C1=C/c1ccc(OCC#N)cc1. The molecule has 1 aliphatic heterocycles. The van der Waals surface area contributed by atoms with Crippen molar-refractivity contribution in [2.75, 3.05) is 11.6 Å². The number of hydrogen-bond acceptors (Lipinski definition) is 4. The van der Waals surface area contributed by atoms with E-state index in [1.165, 1.54) is 25.1 Å². The first-order valence-corrected chi connectivity index (χ1v) is 7.99. The van der Waals surface area contributed by atoms with Gasteiger partial charge < -0.3 is 4.74 Å². The highest BCUT2D eigenvalue weighted by Gasteiger charge is 2.36. The average Bonchev–Trinajstić information content (AvgIpc) is 2.98. The van der Waals surface area contributed by atoms with Crippen LogP contribution in [-0.2, 0) is 4.79 Å². The molecular weight excluding hydrogens is 397 g/mol. The summed E-state index contributed by atoms with van der Waals surface area (Å²) in [6.07, 6.45) is 1.33. The van der Waals surface area contributed by atoms with Gasteiger partial charge in [-0.05, 0) is 30.7 Å². The average molecular weight is 407 g/mol. The van der Waals surface area contributed by atoms with E-state index in [2.05, 4.69) is 5.10 Å². The third-order valence-corrected chi connectivity index (χ3v) is 3.96. The second kappa shape index (κ2) is 7.71. The molecule has 0 N–H and O–H groups in total. The number of hydrogen-bond donors (Lipinski definition) is 0. The fourth-order valence-electron chi connectivity index (χ4n) is 2.56. The monoisotopic (exact) mass is 407 g/mol. The first kappa shape index (κ1) is 20.0. The van der Waals surface area contributed by atoms with Crippen molar-refractivity contribution in [1.82, 2.24) is 0 Å². The van der Waals surface area contributed by atoms with E-state index in [9.17, 15) is 26.7 Å². The molecule has 10 heteroatoms. The van der Waals surface area contributed by atoms with Gasteiger partial charge in [-0.3, -0.25) is 4.79 Å². The summed E-state index contributed by atoms with van der Waals surface area (Å²) in [5.41, 5.74) is -1.05. The number of benzene rings is 2. The molecule has 0 saturated heterocycles. The Morgan fingerprint density at radius 3 is 2.14 bits per heavy atom. The van der Waals surface area contributed by atoms with Crippen LogP contribution in [0, 0.1) is 40.4 Å². The smallest absolute Gasteiger partial charge is 0.280 e. The van der Waals surface area contributed by atoms with Crippen molar-refractivity contribution in [2.45, 2.75) is 6.92 Å². The minimum Gasteiger partial charge on any atom is -0.479 e. The Hall–Kier alpha value is -3.74. The highest BCUT2D eigenvalue weighted by Crippen LogP contribution is 2.34. The van der Waals surface area contributed by atoms with E-state index in [0.29, 0.717) is 11.3 Å². The highest BCUT2D eigenvalue weighted by atomic mass is 19.2. The van der Waals surface area contributed by atoms with Gasteiger partial charge in [0.25, 0.3) is 5.91 Å². The maximum atomic E-state index is 14.0. The molecule has 29 heavy (non-hydrogen) atoms. The molecule has 3 rings (SSSR count). The number of hydrazone groups is 1. The fourth-order valence-corrected chi connectivity index (χ4v) is 2.56. The van der Waals surface area contributed by atoms with Crippen molar-refractivity contribution in [3.05, 3.63) is 64.5 Å². The minimum absolute atomic E-state index is 0.0174.